The van der Waals surface area contributed by atoms with E-state index in [-0.39, 0.29) is 5.54 Å². The Morgan fingerprint density at radius 3 is 2.47 bits per heavy atom. The van der Waals surface area contributed by atoms with Crippen LogP contribution in [-0.2, 0) is 0 Å². The van der Waals surface area contributed by atoms with Crippen molar-refractivity contribution in [1.82, 2.24) is 4.90 Å². The fraction of sp³-hybridized carbons (Fsp3) is 0.600. The second-order valence-electron chi connectivity index (χ2n) is 5.98. The molecule has 104 valence electrons. The van der Waals surface area contributed by atoms with Crippen LogP contribution in [0.5, 0.6) is 0 Å². The maximum absolute atomic E-state index is 6.17. The number of rotatable bonds is 2. The number of nitrogens with zero attached hydrogens (tertiary/aromatic N) is 3. The van der Waals surface area contributed by atoms with Gasteiger partial charge in [0.2, 0.25) is 0 Å². The van der Waals surface area contributed by atoms with Crippen LogP contribution in [0.3, 0.4) is 0 Å². The molecule has 4 nitrogen and oxygen atoms in total. The van der Waals surface area contributed by atoms with Crippen LogP contribution in [0.25, 0.3) is 0 Å². The van der Waals surface area contributed by atoms with E-state index in [9.17, 15) is 0 Å². The van der Waals surface area contributed by atoms with Gasteiger partial charge < -0.3 is 20.4 Å². The first-order valence-electron chi connectivity index (χ1n) is 7.13. The quantitative estimate of drug-likeness (QED) is 0.860. The summed E-state index contributed by atoms with van der Waals surface area (Å²) < 4.78 is 0. The fourth-order valence-electron chi connectivity index (χ4n) is 3.56. The number of hydrogen-bond acceptors (Lipinski definition) is 4. The third-order valence-electron chi connectivity index (χ3n) is 4.72. The van der Waals surface area contributed by atoms with E-state index in [2.05, 4.69) is 53.1 Å². The average molecular weight is 260 g/mol. The molecule has 2 aliphatic heterocycles. The highest BCUT2D eigenvalue weighted by Gasteiger charge is 2.42. The van der Waals surface area contributed by atoms with Crippen molar-refractivity contribution in [3.8, 4) is 0 Å². The molecule has 0 radical (unpaired) electrons. The molecule has 0 bridgehead atoms. The summed E-state index contributed by atoms with van der Waals surface area (Å²) in [7, 11) is 4.37. The number of likely N-dealkylation sites (tertiary alicyclic amines) is 1. The smallest absolute Gasteiger partial charge is 0.0664 e. The number of hydrogen-bond donors (Lipinski definition) is 1. The van der Waals surface area contributed by atoms with Crippen molar-refractivity contribution in [3.05, 3.63) is 24.3 Å². The topological polar surface area (TPSA) is 35.7 Å². The molecule has 0 saturated carbocycles. The lowest BCUT2D eigenvalue weighted by atomic mass is 9.93. The summed E-state index contributed by atoms with van der Waals surface area (Å²) in [6, 6.07) is 8.70. The zero-order valence-corrected chi connectivity index (χ0v) is 12.0. The largest absolute Gasteiger partial charge is 0.371 e. The molecular weight excluding hydrogens is 236 g/mol. The van der Waals surface area contributed by atoms with E-state index < -0.39 is 0 Å². The van der Waals surface area contributed by atoms with E-state index in [0.29, 0.717) is 0 Å². The summed E-state index contributed by atoms with van der Waals surface area (Å²) in [4.78, 5) is 7.30. The normalized spacial score (nSPS) is 27.7. The first-order chi connectivity index (χ1) is 9.16. The molecule has 4 heteroatoms. The molecule has 1 fully saturated rings. The van der Waals surface area contributed by atoms with Gasteiger partial charge in [0.05, 0.1) is 16.9 Å². The maximum Gasteiger partial charge on any atom is 0.0664 e. The Hall–Kier alpha value is -1.26. The molecule has 2 N–H and O–H groups in total. The first-order valence-corrected chi connectivity index (χ1v) is 7.13. The van der Waals surface area contributed by atoms with Crippen LogP contribution in [0.2, 0.25) is 0 Å². The lowest BCUT2D eigenvalue weighted by Crippen LogP contribution is -2.59. The Morgan fingerprint density at radius 2 is 1.84 bits per heavy atom. The van der Waals surface area contributed by atoms with Crippen LogP contribution in [0, 0.1) is 0 Å². The number of nitrogens with two attached hydrogens (primary N) is 1. The zero-order chi connectivity index (χ0) is 13.5. The van der Waals surface area contributed by atoms with Gasteiger partial charge in [-0.1, -0.05) is 12.1 Å². The van der Waals surface area contributed by atoms with Gasteiger partial charge in [0, 0.05) is 39.8 Å². The SMILES string of the molecule is CN1CCC(CN)(N2CCN(C)c3ccccc32)C1. The van der Waals surface area contributed by atoms with Gasteiger partial charge in [0.1, 0.15) is 0 Å². The van der Waals surface area contributed by atoms with Crippen molar-refractivity contribution >= 4 is 11.4 Å². The predicted octanol–water partition coefficient (Wildman–Crippen LogP) is 0.976. The van der Waals surface area contributed by atoms with E-state index in [1.807, 2.05) is 0 Å². The van der Waals surface area contributed by atoms with Gasteiger partial charge in [-0.2, -0.15) is 0 Å². The second-order valence-corrected chi connectivity index (χ2v) is 5.98. The number of likely N-dealkylation sites (N-methyl/N-ethyl adjacent to an activating group) is 2. The van der Waals surface area contributed by atoms with Gasteiger partial charge >= 0.3 is 0 Å². The highest BCUT2D eigenvalue weighted by Crippen LogP contribution is 2.39. The van der Waals surface area contributed by atoms with E-state index >= 15 is 0 Å². The monoisotopic (exact) mass is 260 g/mol. The Balaban J connectivity index is 2.00. The highest BCUT2D eigenvalue weighted by atomic mass is 15.3. The van der Waals surface area contributed by atoms with Crippen LogP contribution in [-0.4, -0.2) is 57.3 Å². The molecule has 1 aromatic carbocycles. The molecule has 0 aromatic heterocycles. The van der Waals surface area contributed by atoms with Gasteiger partial charge in [-0.15, -0.1) is 0 Å². The minimum absolute atomic E-state index is 0.117. The summed E-state index contributed by atoms with van der Waals surface area (Å²) in [6.07, 6.45) is 1.16. The van der Waals surface area contributed by atoms with Gasteiger partial charge in [-0.25, -0.2) is 0 Å². The van der Waals surface area contributed by atoms with Gasteiger partial charge in [-0.05, 0) is 25.6 Å². The number of para-hydroxylation sites is 2. The molecule has 3 rings (SSSR count). The summed E-state index contributed by atoms with van der Waals surface area (Å²) in [5.74, 6) is 0. The van der Waals surface area contributed by atoms with Crippen LogP contribution < -0.4 is 15.5 Å². The standard InChI is InChI=1S/C15H24N4/c1-17-8-7-15(11-16,12-17)19-10-9-18(2)13-5-3-4-6-14(13)19/h3-6H,7-12,16H2,1-2H3. The maximum atomic E-state index is 6.17. The molecule has 2 heterocycles. The molecule has 0 spiro atoms. The molecule has 0 amide bonds. The molecule has 19 heavy (non-hydrogen) atoms. The molecular formula is C15H24N4. The van der Waals surface area contributed by atoms with Crippen molar-refractivity contribution in [3.63, 3.8) is 0 Å². The summed E-state index contributed by atoms with van der Waals surface area (Å²) in [5, 5.41) is 0. The Morgan fingerprint density at radius 1 is 1.11 bits per heavy atom. The van der Waals surface area contributed by atoms with Gasteiger partial charge in [-0.3, -0.25) is 0 Å². The molecule has 1 unspecified atom stereocenters. The van der Waals surface area contributed by atoms with E-state index in [4.69, 9.17) is 5.73 Å². The van der Waals surface area contributed by atoms with Crippen molar-refractivity contribution in [1.29, 1.82) is 0 Å². The fourth-order valence-corrected chi connectivity index (χ4v) is 3.56. The van der Waals surface area contributed by atoms with Crippen molar-refractivity contribution in [2.24, 2.45) is 5.73 Å². The van der Waals surface area contributed by atoms with Crippen LogP contribution in [0.15, 0.2) is 24.3 Å². The molecule has 1 aromatic rings. The molecule has 2 aliphatic rings. The third-order valence-corrected chi connectivity index (χ3v) is 4.72. The number of anilines is 2. The Labute approximate surface area is 115 Å². The van der Waals surface area contributed by atoms with Gasteiger partial charge in [0.25, 0.3) is 0 Å². The predicted molar refractivity (Wildman–Crippen MR) is 81.0 cm³/mol. The minimum Gasteiger partial charge on any atom is -0.371 e. The van der Waals surface area contributed by atoms with Gasteiger partial charge in [0.15, 0.2) is 0 Å². The lowest BCUT2D eigenvalue weighted by molar-refractivity contribution is 0.353. The number of benzene rings is 1. The average Bonchev–Trinajstić information content (AvgIpc) is 2.82. The van der Waals surface area contributed by atoms with Crippen LogP contribution in [0.1, 0.15) is 6.42 Å². The highest BCUT2D eigenvalue weighted by molar-refractivity contribution is 5.74. The third kappa shape index (κ3) is 1.99. The number of fused-ring (bicyclic) bond motifs is 1. The van der Waals surface area contributed by atoms with Crippen LogP contribution in [0.4, 0.5) is 11.4 Å². The zero-order valence-electron chi connectivity index (χ0n) is 12.0. The van der Waals surface area contributed by atoms with E-state index in [1.165, 1.54) is 11.4 Å². The lowest BCUT2D eigenvalue weighted by Gasteiger charge is -2.47. The Bertz CT molecular complexity index is 461. The Kier molecular flexibility index (Phi) is 3.15. The van der Waals surface area contributed by atoms with Crippen molar-refractivity contribution in [2.75, 3.05) is 56.6 Å². The summed E-state index contributed by atoms with van der Waals surface area (Å²) >= 11 is 0. The van der Waals surface area contributed by atoms with E-state index in [0.717, 1.165) is 39.1 Å². The molecule has 0 aliphatic carbocycles. The molecule has 1 saturated heterocycles. The minimum atomic E-state index is 0.117. The first kappa shape index (κ1) is 12.8. The second kappa shape index (κ2) is 4.69. The van der Waals surface area contributed by atoms with Crippen LogP contribution >= 0.6 is 0 Å². The summed E-state index contributed by atoms with van der Waals surface area (Å²) in [5.41, 5.74) is 8.96. The summed E-state index contributed by atoms with van der Waals surface area (Å²) in [6.45, 7) is 5.09. The van der Waals surface area contributed by atoms with E-state index in [1.54, 1.807) is 0 Å². The molecule has 1 atom stereocenters. The van der Waals surface area contributed by atoms with Crippen molar-refractivity contribution in [2.45, 2.75) is 12.0 Å². The van der Waals surface area contributed by atoms with Crippen molar-refractivity contribution < 1.29 is 0 Å².